The summed E-state index contributed by atoms with van der Waals surface area (Å²) in [6, 6.07) is 3.99. The SMILES string of the molecule is Cc1cc(C)c2c(c1)N[C@H](C(=O)OC(C)(C)C)C2. The monoisotopic (exact) mass is 247 g/mol. The molecule has 0 amide bonds. The van der Waals surface area contributed by atoms with Crippen molar-refractivity contribution in [2.45, 2.75) is 52.7 Å². The molecule has 1 atom stereocenters. The van der Waals surface area contributed by atoms with Crippen LogP contribution in [0.2, 0.25) is 0 Å². The largest absolute Gasteiger partial charge is 0.458 e. The van der Waals surface area contributed by atoms with E-state index in [0.29, 0.717) is 0 Å². The standard InChI is InChI=1S/C15H21NO2/c1-9-6-10(2)11-8-13(16-12(11)7-9)14(17)18-15(3,4)5/h6-7,13,16H,8H2,1-5H3/t13-/m0/s1. The second-order valence-corrected chi connectivity index (χ2v) is 6.04. The van der Waals surface area contributed by atoms with E-state index in [1.54, 1.807) is 0 Å². The zero-order valence-electron chi connectivity index (χ0n) is 11.8. The predicted octanol–water partition coefficient (Wildman–Crippen LogP) is 2.98. The van der Waals surface area contributed by atoms with Crippen molar-refractivity contribution in [3.8, 4) is 0 Å². The highest BCUT2D eigenvalue weighted by atomic mass is 16.6. The second kappa shape index (κ2) is 4.30. The van der Waals surface area contributed by atoms with Crippen molar-refractivity contribution in [2.75, 3.05) is 5.32 Å². The summed E-state index contributed by atoms with van der Waals surface area (Å²) in [4.78, 5) is 12.0. The molecule has 0 radical (unpaired) electrons. The minimum atomic E-state index is -0.432. The molecule has 0 aliphatic carbocycles. The Bertz CT molecular complexity index is 486. The molecule has 1 aliphatic heterocycles. The summed E-state index contributed by atoms with van der Waals surface area (Å²) >= 11 is 0. The molecule has 0 fully saturated rings. The van der Waals surface area contributed by atoms with E-state index in [2.05, 4.69) is 31.3 Å². The molecule has 0 aromatic heterocycles. The van der Waals surface area contributed by atoms with Crippen molar-refractivity contribution < 1.29 is 9.53 Å². The molecule has 18 heavy (non-hydrogen) atoms. The van der Waals surface area contributed by atoms with Crippen molar-refractivity contribution in [2.24, 2.45) is 0 Å². The number of rotatable bonds is 1. The van der Waals surface area contributed by atoms with Crippen molar-refractivity contribution in [3.05, 3.63) is 28.8 Å². The fourth-order valence-corrected chi connectivity index (χ4v) is 2.36. The summed E-state index contributed by atoms with van der Waals surface area (Å²) in [5.41, 5.74) is 4.32. The Morgan fingerprint density at radius 3 is 2.61 bits per heavy atom. The number of fused-ring (bicyclic) bond motifs is 1. The van der Waals surface area contributed by atoms with Crippen LogP contribution in [0, 0.1) is 13.8 Å². The summed E-state index contributed by atoms with van der Waals surface area (Å²) in [7, 11) is 0. The summed E-state index contributed by atoms with van der Waals surface area (Å²) in [5, 5.41) is 3.26. The molecule has 0 bridgehead atoms. The molecule has 1 aromatic carbocycles. The smallest absolute Gasteiger partial charge is 0.329 e. The first-order chi connectivity index (χ1) is 8.26. The maximum atomic E-state index is 12.0. The lowest BCUT2D eigenvalue weighted by atomic mass is 10.0. The van der Waals surface area contributed by atoms with Gasteiger partial charge >= 0.3 is 5.97 Å². The first kappa shape index (κ1) is 12.9. The Labute approximate surface area is 109 Å². The first-order valence-electron chi connectivity index (χ1n) is 6.36. The Kier molecular flexibility index (Phi) is 3.09. The van der Waals surface area contributed by atoms with Crippen molar-refractivity contribution in [3.63, 3.8) is 0 Å². The molecule has 2 rings (SSSR count). The van der Waals surface area contributed by atoms with Gasteiger partial charge in [-0.1, -0.05) is 6.07 Å². The summed E-state index contributed by atoms with van der Waals surface area (Å²) in [6.45, 7) is 9.83. The Hall–Kier alpha value is -1.51. The molecule has 98 valence electrons. The van der Waals surface area contributed by atoms with Crippen LogP contribution >= 0.6 is 0 Å². The van der Waals surface area contributed by atoms with Crippen LogP contribution in [0.1, 0.15) is 37.5 Å². The molecule has 0 unspecified atom stereocenters. The van der Waals surface area contributed by atoms with Gasteiger partial charge in [0.05, 0.1) is 0 Å². The Balaban J connectivity index is 2.15. The average molecular weight is 247 g/mol. The van der Waals surface area contributed by atoms with Gasteiger partial charge in [-0.3, -0.25) is 0 Å². The fraction of sp³-hybridized carbons (Fsp3) is 0.533. The third-order valence-corrected chi connectivity index (χ3v) is 3.05. The molecule has 0 spiro atoms. The summed E-state index contributed by atoms with van der Waals surface area (Å²) in [5.74, 6) is -0.171. The minimum absolute atomic E-state index is 0.171. The molecule has 0 saturated heterocycles. The predicted molar refractivity (Wildman–Crippen MR) is 72.9 cm³/mol. The van der Waals surface area contributed by atoms with E-state index < -0.39 is 5.60 Å². The second-order valence-electron chi connectivity index (χ2n) is 6.04. The quantitative estimate of drug-likeness (QED) is 0.775. The van der Waals surface area contributed by atoms with Gasteiger partial charge in [0.15, 0.2) is 0 Å². The van der Waals surface area contributed by atoms with Crippen molar-refractivity contribution >= 4 is 11.7 Å². The average Bonchev–Trinajstić information content (AvgIpc) is 2.58. The van der Waals surface area contributed by atoms with Crippen LogP contribution in [0.5, 0.6) is 0 Å². The number of hydrogen-bond acceptors (Lipinski definition) is 3. The van der Waals surface area contributed by atoms with Crippen LogP contribution in [0.4, 0.5) is 5.69 Å². The van der Waals surface area contributed by atoms with Gasteiger partial charge in [0.25, 0.3) is 0 Å². The molecule has 0 saturated carbocycles. The molecular formula is C15H21NO2. The van der Waals surface area contributed by atoms with E-state index in [-0.39, 0.29) is 12.0 Å². The molecule has 1 aliphatic rings. The Morgan fingerprint density at radius 2 is 2.00 bits per heavy atom. The maximum absolute atomic E-state index is 12.0. The number of carbonyl (C=O) groups excluding carboxylic acids is 1. The molecule has 1 heterocycles. The van der Waals surface area contributed by atoms with Crippen molar-refractivity contribution in [1.29, 1.82) is 0 Å². The highest BCUT2D eigenvalue weighted by Gasteiger charge is 2.31. The van der Waals surface area contributed by atoms with Crippen LogP contribution in [-0.4, -0.2) is 17.6 Å². The molecular weight excluding hydrogens is 226 g/mol. The van der Waals surface area contributed by atoms with Gasteiger partial charge in [0.2, 0.25) is 0 Å². The van der Waals surface area contributed by atoms with Gasteiger partial charge in [-0.05, 0) is 57.4 Å². The lowest BCUT2D eigenvalue weighted by Gasteiger charge is -2.22. The van der Waals surface area contributed by atoms with Crippen LogP contribution in [0.25, 0.3) is 0 Å². The van der Waals surface area contributed by atoms with E-state index in [1.165, 1.54) is 16.7 Å². The normalized spacial score (nSPS) is 18.2. The van der Waals surface area contributed by atoms with Gasteiger partial charge in [0.1, 0.15) is 11.6 Å². The number of hydrogen-bond donors (Lipinski definition) is 1. The first-order valence-corrected chi connectivity index (χ1v) is 6.36. The van der Waals surface area contributed by atoms with Crippen molar-refractivity contribution in [1.82, 2.24) is 0 Å². The number of carbonyl (C=O) groups is 1. The van der Waals surface area contributed by atoms with Crippen LogP contribution in [0.15, 0.2) is 12.1 Å². The third-order valence-electron chi connectivity index (χ3n) is 3.05. The van der Waals surface area contributed by atoms with Gasteiger partial charge < -0.3 is 10.1 Å². The molecule has 1 aromatic rings. The highest BCUT2D eigenvalue weighted by Crippen LogP contribution is 2.30. The van der Waals surface area contributed by atoms with Gasteiger partial charge in [0, 0.05) is 12.1 Å². The van der Waals surface area contributed by atoms with Crippen LogP contribution in [-0.2, 0) is 16.0 Å². The van der Waals surface area contributed by atoms with E-state index in [9.17, 15) is 4.79 Å². The molecule has 3 heteroatoms. The van der Waals surface area contributed by atoms with Crippen LogP contribution < -0.4 is 5.32 Å². The van der Waals surface area contributed by atoms with Gasteiger partial charge in [-0.25, -0.2) is 4.79 Å². The molecule has 1 N–H and O–H groups in total. The lowest BCUT2D eigenvalue weighted by Crippen LogP contribution is -2.35. The highest BCUT2D eigenvalue weighted by molar-refractivity contribution is 5.83. The maximum Gasteiger partial charge on any atom is 0.329 e. The van der Waals surface area contributed by atoms with Gasteiger partial charge in [-0.15, -0.1) is 0 Å². The number of aryl methyl sites for hydroxylation is 2. The number of nitrogens with one attached hydrogen (secondary N) is 1. The van der Waals surface area contributed by atoms with E-state index in [1.807, 2.05) is 20.8 Å². The van der Waals surface area contributed by atoms with Crippen LogP contribution in [0.3, 0.4) is 0 Å². The topological polar surface area (TPSA) is 38.3 Å². The number of anilines is 1. The number of benzene rings is 1. The number of ether oxygens (including phenoxy) is 1. The van der Waals surface area contributed by atoms with E-state index in [0.717, 1.165) is 12.1 Å². The molecule has 3 nitrogen and oxygen atoms in total. The zero-order valence-corrected chi connectivity index (χ0v) is 11.8. The zero-order chi connectivity index (χ0) is 13.5. The summed E-state index contributed by atoms with van der Waals surface area (Å²) < 4.78 is 5.42. The van der Waals surface area contributed by atoms with E-state index in [4.69, 9.17) is 4.74 Å². The fourth-order valence-electron chi connectivity index (χ4n) is 2.36. The van der Waals surface area contributed by atoms with E-state index >= 15 is 0 Å². The lowest BCUT2D eigenvalue weighted by molar-refractivity contribution is -0.155. The Morgan fingerprint density at radius 1 is 1.33 bits per heavy atom. The third kappa shape index (κ3) is 2.66. The number of esters is 1. The minimum Gasteiger partial charge on any atom is -0.458 e. The van der Waals surface area contributed by atoms with Gasteiger partial charge in [-0.2, -0.15) is 0 Å². The summed E-state index contributed by atoms with van der Waals surface area (Å²) in [6.07, 6.45) is 0.719.